The first-order valence-corrected chi connectivity index (χ1v) is 14.3. The van der Waals surface area contributed by atoms with Crippen molar-refractivity contribution in [1.29, 1.82) is 0 Å². The maximum Gasteiger partial charge on any atom is 0.345 e. The van der Waals surface area contributed by atoms with Crippen LogP contribution in [0.2, 0.25) is 0 Å². The lowest BCUT2D eigenvalue weighted by Crippen LogP contribution is -2.37. The van der Waals surface area contributed by atoms with E-state index in [0.29, 0.717) is 49.9 Å². The van der Waals surface area contributed by atoms with Crippen LogP contribution >= 0.6 is 0 Å². The molecule has 1 heterocycles. The Labute approximate surface area is 248 Å². The van der Waals surface area contributed by atoms with Crippen LogP contribution in [-0.2, 0) is 16.6 Å². The number of rotatable bonds is 11. The van der Waals surface area contributed by atoms with E-state index >= 15 is 0 Å². The van der Waals surface area contributed by atoms with Gasteiger partial charge < -0.3 is 24.8 Å². The van der Waals surface area contributed by atoms with E-state index in [4.69, 9.17) is 9.47 Å². The molecule has 1 saturated carbocycles. The summed E-state index contributed by atoms with van der Waals surface area (Å²) in [6.07, 6.45) is -0.832. The van der Waals surface area contributed by atoms with Crippen LogP contribution in [0.3, 0.4) is 0 Å². The number of carboxylic acids is 1. The summed E-state index contributed by atoms with van der Waals surface area (Å²) in [6, 6.07) is 15.9. The van der Waals surface area contributed by atoms with Gasteiger partial charge in [-0.05, 0) is 58.7 Å². The van der Waals surface area contributed by atoms with Crippen LogP contribution in [-0.4, -0.2) is 60.3 Å². The Morgan fingerprint density at radius 3 is 2.14 bits per heavy atom. The molecule has 228 valence electrons. The van der Waals surface area contributed by atoms with E-state index in [2.05, 4.69) is 26.1 Å². The minimum atomic E-state index is -1.32. The fourth-order valence-electron chi connectivity index (χ4n) is 5.56. The molecule has 2 N–H and O–H groups in total. The molecule has 1 saturated heterocycles. The van der Waals surface area contributed by atoms with Crippen molar-refractivity contribution in [1.82, 2.24) is 10.2 Å². The Bertz CT molecular complexity index is 1460. The second-order valence-electron chi connectivity index (χ2n) is 12.2. The number of benzene rings is 3. The number of fused-ring (bicyclic) bond motifs is 1. The van der Waals surface area contributed by atoms with Crippen LogP contribution in [0.1, 0.15) is 42.3 Å². The van der Waals surface area contributed by atoms with Gasteiger partial charge in [-0.2, -0.15) is 0 Å². The maximum atomic E-state index is 14.0. The van der Waals surface area contributed by atoms with Crippen molar-refractivity contribution in [2.24, 2.45) is 11.8 Å². The van der Waals surface area contributed by atoms with Crippen LogP contribution in [0.5, 0.6) is 11.5 Å². The molecule has 2 unspecified atom stereocenters. The van der Waals surface area contributed by atoms with Gasteiger partial charge in [-0.25, -0.2) is 18.0 Å². The quantitative estimate of drug-likeness (QED) is 0.233. The highest BCUT2D eigenvalue weighted by Crippen LogP contribution is 2.45. The number of hydrogen-bond donors (Lipinski definition) is 2. The Morgan fingerprint density at radius 2 is 1.53 bits per heavy atom. The zero-order chi connectivity index (χ0) is 30.9. The number of carbonyl (C=O) groups is 2. The topological polar surface area (TPSA) is 88.1 Å². The number of nitrogens with one attached hydrogen (secondary N) is 1. The largest absolute Gasteiger partial charge is 0.492 e. The van der Waals surface area contributed by atoms with Crippen LogP contribution in [0.15, 0.2) is 60.7 Å². The predicted octanol–water partition coefficient (Wildman–Crippen LogP) is 5.22. The molecule has 1 aliphatic heterocycles. The lowest BCUT2D eigenvalue weighted by molar-refractivity contribution is -0.145. The van der Waals surface area contributed by atoms with E-state index in [-0.39, 0.29) is 29.7 Å². The molecule has 2 aliphatic rings. The molecule has 1 aliphatic carbocycles. The van der Waals surface area contributed by atoms with Crippen molar-refractivity contribution < 1.29 is 37.3 Å². The Morgan fingerprint density at radius 1 is 0.930 bits per heavy atom. The molecule has 4 atom stereocenters. The lowest BCUT2D eigenvalue weighted by Gasteiger charge is -2.21. The zero-order valence-electron chi connectivity index (χ0n) is 24.3. The van der Waals surface area contributed by atoms with Gasteiger partial charge in [0.1, 0.15) is 23.9 Å². The van der Waals surface area contributed by atoms with E-state index in [1.807, 2.05) is 24.3 Å². The Balaban J connectivity index is 1.03. The molecule has 0 spiro atoms. The third kappa shape index (κ3) is 7.13. The zero-order valence-corrected chi connectivity index (χ0v) is 24.3. The van der Waals surface area contributed by atoms with Gasteiger partial charge in [0.15, 0.2) is 17.7 Å². The van der Waals surface area contributed by atoms with Crippen molar-refractivity contribution in [2.45, 2.75) is 44.8 Å². The van der Waals surface area contributed by atoms with Gasteiger partial charge in [-0.3, -0.25) is 4.79 Å². The van der Waals surface area contributed by atoms with Gasteiger partial charge in [-0.15, -0.1) is 0 Å². The summed E-state index contributed by atoms with van der Waals surface area (Å²) < 4.78 is 52.3. The summed E-state index contributed by atoms with van der Waals surface area (Å²) in [4.78, 5) is 25.9. The van der Waals surface area contributed by atoms with Crippen molar-refractivity contribution in [3.8, 4) is 11.5 Å². The molecular weight excluding hydrogens is 561 g/mol. The highest BCUT2D eigenvalue weighted by Gasteiger charge is 2.56. The Hall–Kier alpha value is -4.05. The van der Waals surface area contributed by atoms with Crippen LogP contribution in [0.4, 0.5) is 13.2 Å². The molecule has 0 aromatic heterocycles. The summed E-state index contributed by atoms with van der Waals surface area (Å²) in [7, 11) is 0. The number of piperidine rings is 1. The van der Waals surface area contributed by atoms with Gasteiger partial charge in [0.25, 0.3) is 5.91 Å². The smallest absolute Gasteiger partial charge is 0.345 e. The Kier molecular flexibility index (Phi) is 8.69. The SMILES string of the molecule is CC(C)(C)c1ccc(O[C@@H](Cc2ccc(OCCNC3C4CN(C(=O)c5cc(F)c(F)cc5F)C[C@@H]43)cc2)C(=O)O)cc1. The number of likely N-dealkylation sites (tertiary alicyclic amines) is 1. The second kappa shape index (κ2) is 12.3. The van der Waals surface area contributed by atoms with E-state index in [1.54, 1.807) is 24.3 Å². The van der Waals surface area contributed by atoms with Gasteiger partial charge in [0.2, 0.25) is 0 Å². The number of ether oxygens (including phenoxy) is 2. The first-order chi connectivity index (χ1) is 20.4. The van der Waals surface area contributed by atoms with Crippen molar-refractivity contribution in [2.75, 3.05) is 26.2 Å². The summed E-state index contributed by atoms with van der Waals surface area (Å²) in [6.45, 7) is 8.15. The average Bonchev–Trinajstić information content (AvgIpc) is 3.40. The standard InChI is InChI=1S/C33H35F3N2O5/c1-33(2,3)20-6-10-22(11-7-20)43-29(32(40)41)14-19-4-8-21(9-5-19)42-13-12-37-30-24-17-38(18-25(24)30)31(39)23-15-27(35)28(36)16-26(23)34/h4-11,15-16,24-25,29-30,37H,12-14,17-18H2,1-3H3,(H,40,41)/t24-,25?,29-,30?/m0/s1. The van der Waals surface area contributed by atoms with Crippen LogP contribution in [0.25, 0.3) is 0 Å². The summed E-state index contributed by atoms with van der Waals surface area (Å²) in [5.74, 6) is -3.72. The summed E-state index contributed by atoms with van der Waals surface area (Å²) in [5.41, 5.74) is 1.47. The molecule has 2 fully saturated rings. The highest BCUT2D eigenvalue weighted by molar-refractivity contribution is 5.94. The van der Waals surface area contributed by atoms with Crippen molar-refractivity contribution in [3.63, 3.8) is 0 Å². The number of halogens is 3. The normalized spacial score (nSPS) is 20.0. The van der Waals surface area contributed by atoms with Crippen molar-refractivity contribution in [3.05, 3.63) is 94.8 Å². The van der Waals surface area contributed by atoms with Gasteiger partial charge in [0.05, 0.1) is 5.56 Å². The third-order valence-electron chi connectivity index (χ3n) is 8.09. The molecule has 5 rings (SSSR count). The monoisotopic (exact) mass is 596 g/mol. The second-order valence-corrected chi connectivity index (χ2v) is 12.2. The third-order valence-corrected chi connectivity index (χ3v) is 8.09. The molecular formula is C33H35F3N2O5. The minimum absolute atomic E-state index is 0.00916. The summed E-state index contributed by atoms with van der Waals surface area (Å²) in [5, 5.41) is 13.1. The lowest BCUT2D eigenvalue weighted by atomic mass is 9.87. The molecule has 7 nitrogen and oxygen atoms in total. The molecule has 43 heavy (non-hydrogen) atoms. The van der Waals surface area contributed by atoms with Gasteiger partial charge in [-0.1, -0.05) is 45.0 Å². The van der Waals surface area contributed by atoms with E-state index < -0.39 is 41.0 Å². The van der Waals surface area contributed by atoms with Gasteiger partial charge in [0, 0.05) is 38.2 Å². The summed E-state index contributed by atoms with van der Waals surface area (Å²) >= 11 is 0. The average molecular weight is 597 g/mol. The molecule has 0 radical (unpaired) electrons. The van der Waals surface area contributed by atoms with E-state index in [9.17, 15) is 27.9 Å². The first kappa shape index (κ1) is 30.4. The van der Waals surface area contributed by atoms with Crippen LogP contribution < -0.4 is 14.8 Å². The molecule has 3 aromatic rings. The fourth-order valence-corrected chi connectivity index (χ4v) is 5.56. The molecule has 10 heteroatoms. The molecule has 0 bridgehead atoms. The van der Waals surface area contributed by atoms with Crippen LogP contribution in [0, 0.1) is 29.3 Å². The highest BCUT2D eigenvalue weighted by atomic mass is 19.2. The van der Waals surface area contributed by atoms with Gasteiger partial charge >= 0.3 is 5.97 Å². The van der Waals surface area contributed by atoms with E-state index in [0.717, 1.165) is 11.1 Å². The first-order valence-electron chi connectivity index (χ1n) is 14.3. The minimum Gasteiger partial charge on any atom is -0.492 e. The number of hydrogen-bond acceptors (Lipinski definition) is 5. The predicted molar refractivity (Wildman–Crippen MR) is 154 cm³/mol. The van der Waals surface area contributed by atoms with E-state index in [1.165, 1.54) is 4.90 Å². The molecule has 1 amide bonds. The number of nitrogens with zero attached hydrogens (tertiary/aromatic N) is 1. The number of amides is 1. The number of carboxylic acid groups (broad SMARTS) is 1. The number of carbonyl (C=O) groups excluding carboxylic acids is 1. The molecule has 3 aromatic carbocycles. The van der Waals surface area contributed by atoms with Crippen molar-refractivity contribution >= 4 is 11.9 Å². The number of aliphatic carboxylic acids is 1. The fraction of sp³-hybridized carbons (Fsp3) is 0.394. The maximum absolute atomic E-state index is 14.0.